The zero-order valence-corrected chi connectivity index (χ0v) is 13.2. The van der Waals surface area contributed by atoms with Crippen LogP contribution in [0.15, 0.2) is 46.5 Å². The van der Waals surface area contributed by atoms with Crippen LogP contribution in [0.1, 0.15) is 30.5 Å². The second-order valence-corrected chi connectivity index (χ2v) is 5.89. The lowest BCUT2D eigenvalue weighted by molar-refractivity contribution is 0.660. The van der Waals surface area contributed by atoms with Crippen molar-refractivity contribution in [1.29, 1.82) is 0 Å². The van der Waals surface area contributed by atoms with Crippen LogP contribution in [0.2, 0.25) is 0 Å². The molecule has 0 aliphatic rings. The molecule has 2 aromatic rings. The molecular formula is C16H21N3OS. The van der Waals surface area contributed by atoms with Crippen LogP contribution >= 0.6 is 11.8 Å². The maximum Gasteiger partial charge on any atom is 0.251 e. The number of nitrogens with zero attached hydrogens (tertiary/aromatic N) is 1. The van der Waals surface area contributed by atoms with E-state index in [0.717, 1.165) is 18.6 Å². The summed E-state index contributed by atoms with van der Waals surface area (Å²) >= 11 is 1.55. The maximum atomic E-state index is 11.2. The van der Waals surface area contributed by atoms with Gasteiger partial charge in [-0.1, -0.05) is 49.4 Å². The number of H-pyrrole nitrogens is 1. The molecule has 1 unspecified atom stereocenters. The first-order valence-corrected chi connectivity index (χ1v) is 8.15. The minimum atomic E-state index is -0.113. The number of rotatable bonds is 7. The molecule has 2 N–H and O–H groups in total. The number of aromatic amines is 1. The normalized spacial score (nSPS) is 12.3. The van der Waals surface area contributed by atoms with Crippen LogP contribution in [-0.2, 0) is 6.42 Å². The highest BCUT2D eigenvalue weighted by atomic mass is 32.2. The second kappa shape index (κ2) is 8.00. The highest BCUT2D eigenvalue weighted by Crippen LogP contribution is 2.22. The highest BCUT2D eigenvalue weighted by Gasteiger charge is 2.10. The van der Waals surface area contributed by atoms with Crippen LogP contribution in [0, 0.1) is 0 Å². The van der Waals surface area contributed by atoms with Gasteiger partial charge in [0.25, 0.3) is 5.56 Å². The fourth-order valence-corrected chi connectivity index (χ4v) is 3.13. The predicted molar refractivity (Wildman–Crippen MR) is 87.8 cm³/mol. The van der Waals surface area contributed by atoms with Gasteiger partial charge in [-0.15, -0.1) is 0 Å². The van der Waals surface area contributed by atoms with E-state index in [1.54, 1.807) is 11.8 Å². The number of aryl methyl sites for hydroxylation is 1. The van der Waals surface area contributed by atoms with E-state index in [2.05, 4.69) is 46.5 Å². The molecule has 21 heavy (non-hydrogen) atoms. The fourth-order valence-electron chi connectivity index (χ4n) is 2.14. The van der Waals surface area contributed by atoms with Gasteiger partial charge in [0.2, 0.25) is 0 Å². The zero-order chi connectivity index (χ0) is 15.1. The maximum absolute atomic E-state index is 11.2. The third-order valence-corrected chi connectivity index (χ3v) is 4.28. The number of benzene rings is 1. The topological polar surface area (TPSA) is 57.8 Å². The summed E-state index contributed by atoms with van der Waals surface area (Å²) in [6.07, 6.45) is 3.82. The molecule has 1 heterocycles. The Hall–Kier alpha value is -1.59. The lowest BCUT2D eigenvalue weighted by atomic mass is 10.0. The van der Waals surface area contributed by atoms with Crippen LogP contribution < -0.4 is 10.9 Å². The predicted octanol–water partition coefficient (Wildman–Crippen LogP) is 2.78. The Morgan fingerprint density at radius 1 is 1.29 bits per heavy atom. The lowest BCUT2D eigenvalue weighted by Crippen LogP contribution is -2.19. The molecule has 0 aliphatic heterocycles. The molecule has 0 radical (unpaired) electrons. The minimum absolute atomic E-state index is 0.113. The monoisotopic (exact) mass is 303 g/mol. The molecule has 2 rings (SSSR count). The van der Waals surface area contributed by atoms with Gasteiger partial charge in [0.1, 0.15) is 0 Å². The van der Waals surface area contributed by atoms with E-state index in [0.29, 0.717) is 5.16 Å². The van der Waals surface area contributed by atoms with Gasteiger partial charge in [-0.2, -0.15) is 0 Å². The molecule has 0 saturated heterocycles. The molecule has 1 aromatic heterocycles. The molecular weight excluding hydrogens is 282 g/mol. The van der Waals surface area contributed by atoms with Crippen molar-refractivity contribution < 1.29 is 0 Å². The van der Waals surface area contributed by atoms with Crippen molar-refractivity contribution in [3.8, 4) is 0 Å². The number of hydrogen-bond donors (Lipinski definition) is 2. The molecule has 0 spiro atoms. The largest absolute Gasteiger partial charge is 0.312 e. The van der Waals surface area contributed by atoms with Crippen molar-refractivity contribution in [2.75, 3.05) is 12.8 Å². The SMILES string of the molecule is CCCc1ccc(C(CSc2nccc(=O)[nH]2)NC)cc1. The summed E-state index contributed by atoms with van der Waals surface area (Å²) < 4.78 is 0. The van der Waals surface area contributed by atoms with Crippen LogP contribution in [-0.4, -0.2) is 22.8 Å². The molecule has 0 fully saturated rings. The summed E-state index contributed by atoms with van der Waals surface area (Å²) in [6.45, 7) is 2.19. The van der Waals surface area contributed by atoms with Gasteiger partial charge in [-0.25, -0.2) is 4.98 Å². The van der Waals surface area contributed by atoms with Crippen LogP contribution in [0.3, 0.4) is 0 Å². The fraction of sp³-hybridized carbons (Fsp3) is 0.375. The standard InChI is InChI=1S/C16H21N3OS/c1-3-4-12-5-7-13(8-6-12)14(17-2)11-21-16-18-10-9-15(20)19-16/h5-10,14,17H,3-4,11H2,1-2H3,(H,18,19,20). The molecule has 0 amide bonds. The average Bonchev–Trinajstić information content (AvgIpc) is 2.50. The average molecular weight is 303 g/mol. The first kappa shape index (κ1) is 15.8. The number of thioether (sulfide) groups is 1. The molecule has 1 atom stereocenters. The quantitative estimate of drug-likeness (QED) is 0.610. The van der Waals surface area contributed by atoms with E-state index in [-0.39, 0.29) is 11.6 Å². The van der Waals surface area contributed by atoms with Crippen LogP contribution in [0.4, 0.5) is 0 Å². The summed E-state index contributed by atoms with van der Waals surface area (Å²) in [5, 5.41) is 3.97. The minimum Gasteiger partial charge on any atom is -0.312 e. The Bertz CT molecular complexity index is 609. The molecule has 0 bridgehead atoms. The lowest BCUT2D eigenvalue weighted by Gasteiger charge is -2.16. The summed E-state index contributed by atoms with van der Waals surface area (Å²) in [5.74, 6) is 0.816. The summed E-state index contributed by atoms with van der Waals surface area (Å²) in [7, 11) is 1.95. The van der Waals surface area contributed by atoms with Crippen molar-refractivity contribution in [1.82, 2.24) is 15.3 Å². The molecule has 0 saturated carbocycles. The van der Waals surface area contributed by atoms with E-state index in [1.807, 2.05) is 7.05 Å². The molecule has 1 aromatic carbocycles. The Morgan fingerprint density at radius 3 is 2.67 bits per heavy atom. The van der Waals surface area contributed by atoms with Gasteiger partial charge < -0.3 is 10.3 Å². The van der Waals surface area contributed by atoms with E-state index < -0.39 is 0 Å². The first-order chi connectivity index (χ1) is 10.2. The number of nitrogens with one attached hydrogen (secondary N) is 2. The van der Waals surface area contributed by atoms with Crippen molar-refractivity contribution in [3.05, 3.63) is 58.0 Å². The van der Waals surface area contributed by atoms with E-state index in [4.69, 9.17) is 0 Å². The summed E-state index contributed by atoms with van der Waals surface area (Å²) in [5.41, 5.74) is 2.51. The zero-order valence-electron chi connectivity index (χ0n) is 12.4. The van der Waals surface area contributed by atoms with Gasteiger partial charge in [0.05, 0.1) is 0 Å². The van der Waals surface area contributed by atoms with E-state index in [1.165, 1.54) is 23.4 Å². The highest BCUT2D eigenvalue weighted by molar-refractivity contribution is 7.99. The van der Waals surface area contributed by atoms with Gasteiger partial charge in [0.15, 0.2) is 5.16 Å². The van der Waals surface area contributed by atoms with E-state index in [9.17, 15) is 4.79 Å². The van der Waals surface area contributed by atoms with Crippen molar-refractivity contribution in [3.63, 3.8) is 0 Å². The van der Waals surface area contributed by atoms with Gasteiger partial charge in [-0.05, 0) is 24.6 Å². The van der Waals surface area contributed by atoms with Crippen molar-refractivity contribution in [2.45, 2.75) is 31.0 Å². The molecule has 112 valence electrons. The molecule has 4 nitrogen and oxygen atoms in total. The van der Waals surface area contributed by atoms with Crippen molar-refractivity contribution >= 4 is 11.8 Å². The van der Waals surface area contributed by atoms with Gasteiger partial charge >= 0.3 is 0 Å². The van der Waals surface area contributed by atoms with Gasteiger partial charge in [0, 0.05) is 24.1 Å². The smallest absolute Gasteiger partial charge is 0.251 e. The van der Waals surface area contributed by atoms with Crippen LogP contribution in [0.5, 0.6) is 0 Å². The first-order valence-electron chi connectivity index (χ1n) is 7.17. The Morgan fingerprint density at radius 2 is 2.05 bits per heavy atom. The molecule has 0 aliphatic carbocycles. The van der Waals surface area contributed by atoms with E-state index >= 15 is 0 Å². The van der Waals surface area contributed by atoms with Crippen molar-refractivity contribution in [2.24, 2.45) is 0 Å². The Balaban J connectivity index is 2.00. The molecule has 5 heteroatoms. The number of aromatic nitrogens is 2. The Kier molecular flexibility index (Phi) is 6.02. The van der Waals surface area contributed by atoms with Gasteiger partial charge in [-0.3, -0.25) is 4.79 Å². The second-order valence-electron chi connectivity index (χ2n) is 4.88. The summed E-state index contributed by atoms with van der Waals surface area (Å²) in [4.78, 5) is 18.1. The third-order valence-electron chi connectivity index (χ3n) is 3.30. The van der Waals surface area contributed by atoms with Crippen LogP contribution in [0.25, 0.3) is 0 Å². The summed E-state index contributed by atoms with van der Waals surface area (Å²) in [6, 6.07) is 10.4. The Labute approximate surface area is 129 Å². The third kappa shape index (κ3) is 4.72. The number of hydrogen-bond acceptors (Lipinski definition) is 4.